The van der Waals surface area contributed by atoms with Crippen molar-refractivity contribution in [2.45, 2.75) is 39.6 Å². The van der Waals surface area contributed by atoms with Crippen LogP contribution in [-0.4, -0.2) is 56.5 Å². The Bertz CT molecular complexity index is 1650. The monoisotopic (exact) mass is 686 g/mol. The maximum Gasteiger partial charge on any atom is 0.337 e. The second kappa shape index (κ2) is 16.8. The Morgan fingerprint density at radius 1 is 0.957 bits per heavy atom. The fourth-order valence-corrected chi connectivity index (χ4v) is 4.92. The lowest BCUT2D eigenvalue weighted by Gasteiger charge is -2.28. The van der Waals surface area contributed by atoms with Crippen LogP contribution >= 0.6 is 23.2 Å². The van der Waals surface area contributed by atoms with Crippen LogP contribution in [0, 0.1) is 0 Å². The van der Waals surface area contributed by atoms with Gasteiger partial charge in [-0.05, 0) is 79.9 Å². The van der Waals surface area contributed by atoms with E-state index in [1.807, 2.05) is 19.9 Å². The van der Waals surface area contributed by atoms with Crippen LogP contribution in [0.4, 0.5) is 4.79 Å². The molecule has 1 aliphatic heterocycles. The van der Waals surface area contributed by atoms with Gasteiger partial charge in [0.05, 0.1) is 48.2 Å². The van der Waals surface area contributed by atoms with Crippen LogP contribution < -0.4 is 35.0 Å². The van der Waals surface area contributed by atoms with E-state index in [1.54, 1.807) is 55.5 Å². The van der Waals surface area contributed by atoms with E-state index >= 15 is 0 Å². The van der Waals surface area contributed by atoms with Crippen molar-refractivity contribution in [3.05, 3.63) is 92.6 Å². The number of carbonyl (C=O) groups is 2. The number of aliphatic hydroxyl groups excluding tert-OH is 1. The lowest BCUT2D eigenvalue weighted by Crippen LogP contribution is -2.45. The fraction of sp³-hybridized carbons (Fsp3) is 0.303. The summed E-state index contributed by atoms with van der Waals surface area (Å²) in [6.45, 7) is 6.16. The molecule has 0 spiro atoms. The van der Waals surface area contributed by atoms with Crippen molar-refractivity contribution in [3.63, 3.8) is 0 Å². The molecule has 47 heavy (non-hydrogen) atoms. The zero-order valence-electron chi connectivity index (χ0n) is 26.3. The average molecular weight is 688 g/mol. The van der Waals surface area contributed by atoms with Gasteiger partial charge in [-0.25, -0.2) is 9.59 Å². The van der Waals surface area contributed by atoms with Crippen LogP contribution in [0.25, 0.3) is 0 Å². The Labute approximate surface area is 282 Å². The van der Waals surface area contributed by atoms with Gasteiger partial charge in [-0.3, -0.25) is 5.43 Å². The highest BCUT2D eigenvalue weighted by molar-refractivity contribution is 6.42. The molecule has 1 aliphatic rings. The summed E-state index contributed by atoms with van der Waals surface area (Å²) in [5.74, 6) is 1.20. The van der Waals surface area contributed by atoms with Crippen LogP contribution in [0.5, 0.6) is 23.0 Å². The van der Waals surface area contributed by atoms with E-state index in [2.05, 4.69) is 21.2 Å². The van der Waals surface area contributed by atoms with Crippen molar-refractivity contribution in [1.29, 1.82) is 0 Å². The number of hydrogen-bond donors (Lipinski definition) is 4. The number of aliphatic hydroxyl groups is 1. The standard InChI is InChI=1S/C33H36Cl2N4O8/c1-5-44-27-14-20(8-11-25(27)46-17-21-7-10-23(34)24(35)13-21)16-36-39-29(40)18-47-26-12-9-22(15-28(26)45-6-2)31-30(32(41)43-4)19(3)37-33(42)38-31/h7-16,29,31,39-40H,5-6,17-18H2,1-4H3,(H2,37,38,42)/b36-16-/t29-,31-/m1/s1. The molecule has 12 nitrogen and oxygen atoms in total. The zero-order valence-corrected chi connectivity index (χ0v) is 27.8. The highest BCUT2D eigenvalue weighted by Crippen LogP contribution is 2.35. The molecule has 250 valence electrons. The maximum atomic E-state index is 12.5. The van der Waals surface area contributed by atoms with E-state index in [0.29, 0.717) is 63.1 Å². The summed E-state index contributed by atoms with van der Waals surface area (Å²) >= 11 is 12.1. The number of allylic oxidation sites excluding steroid dienone is 1. The molecule has 0 bridgehead atoms. The van der Waals surface area contributed by atoms with Crippen molar-refractivity contribution >= 4 is 41.4 Å². The number of urea groups is 1. The number of amides is 2. The number of hydrazone groups is 1. The molecular formula is C33H36Cl2N4O8. The molecule has 0 aromatic heterocycles. The van der Waals surface area contributed by atoms with Crippen molar-refractivity contribution < 1.29 is 38.4 Å². The molecule has 14 heteroatoms. The van der Waals surface area contributed by atoms with Crippen molar-refractivity contribution in [3.8, 4) is 23.0 Å². The predicted octanol–water partition coefficient (Wildman–Crippen LogP) is 5.49. The van der Waals surface area contributed by atoms with E-state index < -0.39 is 24.3 Å². The van der Waals surface area contributed by atoms with E-state index in [0.717, 1.165) is 5.56 Å². The van der Waals surface area contributed by atoms with Gasteiger partial charge in [0.1, 0.15) is 13.2 Å². The molecule has 0 aliphatic carbocycles. The van der Waals surface area contributed by atoms with Gasteiger partial charge in [0.15, 0.2) is 29.2 Å². The molecule has 0 radical (unpaired) electrons. The first-order valence-corrected chi connectivity index (χ1v) is 15.4. The predicted molar refractivity (Wildman–Crippen MR) is 177 cm³/mol. The molecule has 0 saturated carbocycles. The van der Waals surface area contributed by atoms with Crippen molar-refractivity contribution in [2.24, 2.45) is 5.10 Å². The lowest BCUT2D eigenvalue weighted by atomic mass is 9.95. The first kappa shape index (κ1) is 35.2. The van der Waals surface area contributed by atoms with Gasteiger partial charge in [-0.15, -0.1) is 0 Å². The van der Waals surface area contributed by atoms with Crippen molar-refractivity contribution in [1.82, 2.24) is 16.1 Å². The summed E-state index contributed by atoms with van der Waals surface area (Å²) in [6.07, 6.45) is 0.358. The minimum absolute atomic E-state index is 0.168. The smallest absolute Gasteiger partial charge is 0.337 e. The number of ether oxygens (including phenoxy) is 5. The van der Waals surface area contributed by atoms with Gasteiger partial charge in [0.25, 0.3) is 0 Å². The summed E-state index contributed by atoms with van der Waals surface area (Å²) < 4.78 is 28.2. The first-order chi connectivity index (χ1) is 22.6. The fourth-order valence-electron chi connectivity index (χ4n) is 4.60. The van der Waals surface area contributed by atoms with E-state index in [9.17, 15) is 14.7 Å². The average Bonchev–Trinajstić information content (AvgIpc) is 3.05. The molecule has 3 aromatic rings. The summed E-state index contributed by atoms with van der Waals surface area (Å²) in [7, 11) is 1.27. The molecule has 0 saturated heterocycles. The minimum Gasteiger partial charge on any atom is -0.490 e. The number of hydrogen-bond acceptors (Lipinski definition) is 10. The van der Waals surface area contributed by atoms with Crippen LogP contribution in [0.3, 0.4) is 0 Å². The molecule has 4 rings (SSSR count). The van der Waals surface area contributed by atoms with Crippen LogP contribution in [0.1, 0.15) is 43.5 Å². The number of nitrogens with zero attached hydrogens (tertiary/aromatic N) is 1. The Morgan fingerprint density at radius 3 is 2.36 bits per heavy atom. The van der Waals surface area contributed by atoms with Gasteiger partial charge in [0, 0.05) is 5.70 Å². The number of carbonyl (C=O) groups excluding carboxylic acids is 2. The quantitative estimate of drug-likeness (QED) is 0.0705. The van der Waals surface area contributed by atoms with Crippen LogP contribution in [0.15, 0.2) is 71.0 Å². The molecule has 4 N–H and O–H groups in total. The van der Waals surface area contributed by atoms with E-state index in [1.165, 1.54) is 13.3 Å². The molecule has 2 amide bonds. The third kappa shape index (κ3) is 9.44. The number of benzene rings is 3. The van der Waals surface area contributed by atoms with Gasteiger partial charge in [0.2, 0.25) is 0 Å². The second-order valence-electron chi connectivity index (χ2n) is 10.1. The summed E-state index contributed by atoms with van der Waals surface area (Å²) in [6, 6.07) is 14.4. The lowest BCUT2D eigenvalue weighted by molar-refractivity contribution is -0.136. The molecule has 0 unspecified atom stereocenters. The topological polar surface area (TPSA) is 149 Å². The zero-order chi connectivity index (χ0) is 33.9. The maximum absolute atomic E-state index is 12.5. The van der Waals surface area contributed by atoms with E-state index in [4.69, 9.17) is 46.9 Å². The molecule has 3 aromatic carbocycles. The Hall–Kier alpha value is -4.65. The Kier molecular flexibility index (Phi) is 12.6. The summed E-state index contributed by atoms with van der Waals surface area (Å²) in [5, 5.41) is 20.9. The van der Waals surface area contributed by atoms with Gasteiger partial charge in [-0.2, -0.15) is 5.10 Å². The molecule has 2 atom stereocenters. The third-order valence-corrected chi connectivity index (χ3v) is 7.49. The first-order valence-electron chi connectivity index (χ1n) is 14.7. The highest BCUT2D eigenvalue weighted by Gasteiger charge is 2.32. The number of esters is 1. The number of nitrogens with one attached hydrogen (secondary N) is 3. The molecule has 1 heterocycles. The normalized spacial score (nSPS) is 15.0. The summed E-state index contributed by atoms with van der Waals surface area (Å²) in [5.41, 5.74) is 5.41. The third-order valence-electron chi connectivity index (χ3n) is 6.76. The Morgan fingerprint density at radius 2 is 1.66 bits per heavy atom. The number of methoxy groups -OCH3 is 1. The molecular weight excluding hydrogens is 651 g/mol. The second-order valence-corrected chi connectivity index (χ2v) is 10.9. The number of rotatable bonds is 15. The largest absolute Gasteiger partial charge is 0.490 e. The van der Waals surface area contributed by atoms with Gasteiger partial charge in [-0.1, -0.05) is 35.3 Å². The Balaban J connectivity index is 1.37. The summed E-state index contributed by atoms with van der Waals surface area (Å²) in [4.78, 5) is 24.6. The SMILES string of the molecule is CCOc1cc(/C=N\N[C@H](O)COc2ccc([C@H]3NC(=O)NC(C)=C3C(=O)OC)cc2OCC)ccc1OCc1ccc(Cl)c(Cl)c1. The van der Waals surface area contributed by atoms with Crippen LogP contribution in [-0.2, 0) is 16.1 Å². The van der Waals surface area contributed by atoms with Gasteiger partial charge >= 0.3 is 12.0 Å². The highest BCUT2D eigenvalue weighted by atomic mass is 35.5. The van der Waals surface area contributed by atoms with Crippen LogP contribution in [0.2, 0.25) is 10.0 Å². The minimum atomic E-state index is -1.17. The van der Waals surface area contributed by atoms with Gasteiger partial charge < -0.3 is 39.4 Å². The van der Waals surface area contributed by atoms with E-state index in [-0.39, 0.29) is 18.8 Å². The number of halogens is 2. The molecule has 0 fully saturated rings. The van der Waals surface area contributed by atoms with Crippen molar-refractivity contribution in [2.75, 3.05) is 26.9 Å².